The molecule has 5 rings (SSSR count). The Morgan fingerprint density at radius 1 is 0.973 bits per heavy atom. The Morgan fingerprint density at radius 3 is 2.49 bits per heavy atom. The third-order valence-corrected chi connectivity index (χ3v) is 7.09. The Hall–Kier alpha value is -3.45. The third-order valence-electron chi connectivity index (χ3n) is 6.85. The lowest BCUT2D eigenvalue weighted by Crippen LogP contribution is -2.49. The first-order valence-electron chi connectivity index (χ1n) is 13.0. The number of nitrogens with zero attached hydrogens (tertiary/aromatic N) is 6. The minimum absolute atomic E-state index is 0.211. The van der Waals surface area contributed by atoms with Crippen LogP contribution in [0.4, 0.5) is 5.82 Å². The van der Waals surface area contributed by atoms with Crippen molar-refractivity contribution in [2.45, 2.75) is 39.5 Å². The van der Waals surface area contributed by atoms with Crippen molar-refractivity contribution in [2.24, 2.45) is 5.92 Å². The molecule has 0 bridgehead atoms. The fourth-order valence-corrected chi connectivity index (χ4v) is 4.91. The first-order valence-corrected chi connectivity index (χ1v) is 13.4. The largest absolute Gasteiger partial charge is 0.352 e. The molecule has 1 fully saturated rings. The summed E-state index contributed by atoms with van der Waals surface area (Å²) in [6, 6.07) is 17.8. The van der Waals surface area contributed by atoms with Crippen LogP contribution < -0.4 is 4.90 Å². The molecule has 0 spiro atoms. The lowest BCUT2D eigenvalue weighted by molar-refractivity contribution is -0.131. The molecular weight excluding hydrogens is 484 g/mol. The van der Waals surface area contributed by atoms with Gasteiger partial charge in [0.1, 0.15) is 11.6 Å². The number of hydrogen-bond acceptors (Lipinski definition) is 5. The van der Waals surface area contributed by atoms with Crippen LogP contribution >= 0.6 is 11.6 Å². The molecule has 0 aliphatic carbocycles. The van der Waals surface area contributed by atoms with Gasteiger partial charge in [-0.3, -0.25) is 4.79 Å². The minimum Gasteiger partial charge on any atom is -0.352 e. The first kappa shape index (κ1) is 25.2. The van der Waals surface area contributed by atoms with Gasteiger partial charge < -0.3 is 9.80 Å². The van der Waals surface area contributed by atoms with Crippen LogP contribution in [-0.2, 0) is 17.6 Å². The molecule has 1 amide bonds. The van der Waals surface area contributed by atoms with Crippen LogP contribution in [-0.4, -0.2) is 56.7 Å². The monoisotopic (exact) mass is 516 g/mol. The molecule has 7 nitrogen and oxygen atoms in total. The van der Waals surface area contributed by atoms with Gasteiger partial charge in [-0.25, -0.2) is 14.6 Å². The molecule has 37 heavy (non-hydrogen) atoms. The van der Waals surface area contributed by atoms with Crippen LogP contribution in [0.2, 0.25) is 5.02 Å². The summed E-state index contributed by atoms with van der Waals surface area (Å²) in [7, 11) is 0. The maximum atomic E-state index is 12.9. The average molecular weight is 517 g/mol. The van der Waals surface area contributed by atoms with Crippen LogP contribution in [0.15, 0.2) is 60.8 Å². The van der Waals surface area contributed by atoms with E-state index in [9.17, 15) is 4.79 Å². The second kappa shape index (κ2) is 11.3. The van der Waals surface area contributed by atoms with Gasteiger partial charge in [-0.05, 0) is 42.5 Å². The van der Waals surface area contributed by atoms with E-state index in [4.69, 9.17) is 21.6 Å². The minimum atomic E-state index is 0.211. The zero-order valence-electron chi connectivity index (χ0n) is 21.5. The fraction of sp³-hybridized carbons (Fsp3) is 0.379. The van der Waals surface area contributed by atoms with E-state index in [0.29, 0.717) is 30.5 Å². The van der Waals surface area contributed by atoms with E-state index >= 15 is 0 Å². The molecule has 2 aromatic heterocycles. The molecular formula is C29H33ClN6O. The number of hydrogen-bond donors (Lipinski definition) is 0. The van der Waals surface area contributed by atoms with Crippen LogP contribution in [0.3, 0.4) is 0 Å². The summed E-state index contributed by atoms with van der Waals surface area (Å²) >= 11 is 6.26. The summed E-state index contributed by atoms with van der Waals surface area (Å²) in [5.74, 6) is 2.49. The number of amides is 1. The molecule has 1 saturated heterocycles. The lowest BCUT2D eigenvalue weighted by atomic mass is 10.1. The van der Waals surface area contributed by atoms with E-state index in [0.717, 1.165) is 60.7 Å². The maximum Gasteiger partial charge on any atom is 0.223 e. The molecule has 2 aromatic carbocycles. The summed E-state index contributed by atoms with van der Waals surface area (Å²) in [4.78, 5) is 27.0. The molecule has 0 N–H and O–H groups in total. The van der Waals surface area contributed by atoms with E-state index in [1.165, 1.54) is 5.56 Å². The van der Waals surface area contributed by atoms with Crippen molar-refractivity contribution < 1.29 is 4.79 Å². The number of aromatic nitrogens is 4. The SMILES string of the molecule is CC(C)CCc1nc(N2CCN(C(=O)CCc3ccccc3)CC2)c2cnn(-c3cccc(Cl)c3)c2n1. The zero-order valence-corrected chi connectivity index (χ0v) is 22.2. The normalized spacial score (nSPS) is 14.1. The first-order chi connectivity index (χ1) is 18.0. The highest BCUT2D eigenvalue weighted by atomic mass is 35.5. The van der Waals surface area contributed by atoms with Gasteiger partial charge in [-0.2, -0.15) is 5.10 Å². The van der Waals surface area contributed by atoms with Gasteiger partial charge in [-0.15, -0.1) is 0 Å². The number of fused-ring (bicyclic) bond motifs is 1. The molecule has 8 heteroatoms. The number of benzene rings is 2. The van der Waals surface area contributed by atoms with Crippen molar-refractivity contribution >= 4 is 34.4 Å². The van der Waals surface area contributed by atoms with Crippen molar-refractivity contribution in [3.8, 4) is 5.69 Å². The van der Waals surface area contributed by atoms with Crippen molar-refractivity contribution in [1.82, 2.24) is 24.6 Å². The fourth-order valence-electron chi connectivity index (χ4n) is 4.73. The lowest BCUT2D eigenvalue weighted by Gasteiger charge is -2.35. The highest BCUT2D eigenvalue weighted by molar-refractivity contribution is 6.30. The summed E-state index contributed by atoms with van der Waals surface area (Å²) in [5, 5.41) is 6.23. The van der Waals surface area contributed by atoms with Crippen molar-refractivity contribution in [2.75, 3.05) is 31.1 Å². The Bertz CT molecular complexity index is 1360. The summed E-state index contributed by atoms with van der Waals surface area (Å²) < 4.78 is 1.84. The van der Waals surface area contributed by atoms with Gasteiger partial charge in [0.15, 0.2) is 5.65 Å². The van der Waals surface area contributed by atoms with Crippen molar-refractivity contribution in [3.63, 3.8) is 0 Å². The van der Waals surface area contributed by atoms with E-state index in [-0.39, 0.29) is 5.91 Å². The Kier molecular flexibility index (Phi) is 7.70. The smallest absolute Gasteiger partial charge is 0.223 e. The molecule has 192 valence electrons. The van der Waals surface area contributed by atoms with Gasteiger partial charge in [0.2, 0.25) is 5.91 Å². The average Bonchev–Trinajstić information content (AvgIpc) is 3.35. The van der Waals surface area contributed by atoms with Crippen LogP contribution in [0.1, 0.15) is 38.1 Å². The van der Waals surface area contributed by atoms with Gasteiger partial charge >= 0.3 is 0 Å². The topological polar surface area (TPSA) is 67.2 Å². The predicted octanol–water partition coefficient (Wildman–Crippen LogP) is 5.34. The van der Waals surface area contributed by atoms with Crippen molar-refractivity contribution in [1.29, 1.82) is 0 Å². The molecule has 4 aromatic rings. The van der Waals surface area contributed by atoms with Gasteiger partial charge in [0, 0.05) is 44.0 Å². The van der Waals surface area contributed by atoms with E-state index in [1.807, 2.05) is 58.2 Å². The maximum absolute atomic E-state index is 12.9. The molecule has 1 aliphatic rings. The van der Waals surface area contributed by atoms with Gasteiger partial charge in [-0.1, -0.05) is 61.8 Å². The number of carbonyl (C=O) groups excluding carboxylic acids is 1. The zero-order chi connectivity index (χ0) is 25.8. The molecule has 0 atom stereocenters. The number of aryl methyl sites for hydroxylation is 2. The number of piperazine rings is 1. The Balaban J connectivity index is 1.36. The third kappa shape index (κ3) is 5.93. The van der Waals surface area contributed by atoms with E-state index in [2.05, 4.69) is 36.0 Å². The van der Waals surface area contributed by atoms with Crippen LogP contribution in [0.25, 0.3) is 16.7 Å². The second-order valence-electron chi connectivity index (χ2n) is 10.0. The van der Waals surface area contributed by atoms with Crippen LogP contribution in [0.5, 0.6) is 0 Å². The van der Waals surface area contributed by atoms with Gasteiger partial charge in [0.05, 0.1) is 17.3 Å². The number of halogens is 1. The van der Waals surface area contributed by atoms with E-state index in [1.54, 1.807) is 0 Å². The molecule has 0 saturated carbocycles. The summed E-state index contributed by atoms with van der Waals surface area (Å²) in [5.41, 5.74) is 2.85. The number of rotatable bonds is 8. The van der Waals surface area contributed by atoms with Gasteiger partial charge in [0.25, 0.3) is 0 Å². The second-order valence-corrected chi connectivity index (χ2v) is 10.5. The highest BCUT2D eigenvalue weighted by Gasteiger charge is 2.25. The predicted molar refractivity (Wildman–Crippen MR) is 148 cm³/mol. The number of anilines is 1. The number of carbonyl (C=O) groups is 1. The summed E-state index contributed by atoms with van der Waals surface area (Å²) in [6.07, 6.45) is 4.97. The molecule has 0 unspecified atom stereocenters. The Labute approximate surface area is 223 Å². The molecule has 3 heterocycles. The quantitative estimate of drug-likeness (QED) is 0.316. The molecule has 0 radical (unpaired) electrons. The Morgan fingerprint density at radius 2 is 1.76 bits per heavy atom. The highest BCUT2D eigenvalue weighted by Crippen LogP contribution is 2.28. The van der Waals surface area contributed by atoms with Crippen LogP contribution in [0, 0.1) is 5.92 Å². The van der Waals surface area contributed by atoms with Crippen molar-refractivity contribution in [3.05, 3.63) is 77.2 Å². The summed E-state index contributed by atoms with van der Waals surface area (Å²) in [6.45, 7) is 7.25. The van der Waals surface area contributed by atoms with E-state index < -0.39 is 0 Å². The standard InChI is InChI=1S/C29H33ClN6O/c1-21(2)11-13-26-32-28(25-20-31-36(29(25)33-26)24-10-6-9-23(30)19-24)35-17-15-34(16-18-35)27(37)14-12-22-7-4-3-5-8-22/h3-10,19-21H,11-18H2,1-2H3. The molecule has 1 aliphatic heterocycles.